The average molecular weight is 310 g/mol. The molecule has 0 saturated heterocycles. The predicted octanol–water partition coefficient (Wildman–Crippen LogP) is 2.56. The van der Waals surface area contributed by atoms with Crippen LogP contribution in [0.15, 0.2) is 10.1 Å². The number of carbonyl (C=O) groups is 1. The van der Waals surface area contributed by atoms with Gasteiger partial charge in [-0.15, -0.1) is 0 Å². The molecule has 2 aliphatic rings. The van der Waals surface area contributed by atoms with Gasteiger partial charge in [-0.1, -0.05) is 11.6 Å². The van der Waals surface area contributed by atoms with Crippen molar-refractivity contribution in [2.24, 2.45) is 15.9 Å². The zero-order valence-electron chi connectivity index (χ0n) is 13.6. The summed E-state index contributed by atoms with van der Waals surface area (Å²) in [7, 11) is 0. The molecule has 0 aromatic rings. The van der Waals surface area contributed by atoms with Crippen molar-refractivity contribution in [2.45, 2.75) is 77.0 Å². The van der Waals surface area contributed by atoms with E-state index in [0.717, 1.165) is 32.1 Å². The average Bonchev–Trinajstić information content (AvgIpc) is 2.69. The Bertz CT molecular complexity index is 482. The molecule has 2 atom stereocenters. The normalized spacial score (nSPS) is 25.8. The quantitative estimate of drug-likeness (QED) is 0.818. The van der Waals surface area contributed by atoms with E-state index in [1.165, 1.54) is 4.90 Å². The third-order valence-electron chi connectivity index (χ3n) is 3.94. The summed E-state index contributed by atoms with van der Waals surface area (Å²) in [6.07, 6.45) is 4.14. The number of aliphatic imine (C=N–C) groups is 1. The zero-order valence-corrected chi connectivity index (χ0v) is 13.6. The molecule has 0 aromatic carbocycles. The van der Waals surface area contributed by atoms with E-state index in [4.69, 9.17) is 10.6 Å². The molecular weight excluding hydrogens is 284 g/mol. The van der Waals surface area contributed by atoms with Gasteiger partial charge < -0.3 is 15.7 Å². The van der Waals surface area contributed by atoms with E-state index in [-0.39, 0.29) is 12.1 Å². The molecular formula is C15H26N4O3. The Hall–Kier alpha value is -1.79. The first kappa shape index (κ1) is 16.6. The van der Waals surface area contributed by atoms with Gasteiger partial charge in [0.2, 0.25) is 0 Å². The Labute approximate surface area is 131 Å². The molecule has 2 unspecified atom stereocenters. The van der Waals surface area contributed by atoms with Crippen molar-refractivity contribution in [1.29, 1.82) is 0 Å². The van der Waals surface area contributed by atoms with Crippen LogP contribution in [0, 0.1) is 0 Å². The van der Waals surface area contributed by atoms with Crippen molar-refractivity contribution < 1.29 is 14.7 Å². The van der Waals surface area contributed by atoms with E-state index in [9.17, 15) is 9.90 Å². The van der Waals surface area contributed by atoms with Crippen LogP contribution < -0.4 is 5.73 Å². The Kier molecular flexibility index (Phi) is 4.93. The number of oxime groups is 1. The van der Waals surface area contributed by atoms with Crippen LogP contribution in [-0.4, -0.2) is 45.5 Å². The Morgan fingerprint density at radius 2 is 2.18 bits per heavy atom. The minimum absolute atomic E-state index is 0.126. The summed E-state index contributed by atoms with van der Waals surface area (Å²) in [5, 5.41) is 13.4. The van der Waals surface area contributed by atoms with Crippen molar-refractivity contribution in [3.05, 3.63) is 0 Å². The summed E-state index contributed by atoms with van der Waals surface area (Å²) >= 11 is 0. The van der Waals surface area contributed by atoms with Gasteiger partial charge in [-0.25, -0.2) is 4.79 Å². The number of nitrogens with two attached hydrogens (primary N) is 1. The fraction of sp³-hybridized carbons (Fsp3) is 0.800. The lowest BCUT2D eigenvalue weighted by molar-refractivity contribution is 0.0730. The fourth-order valence-corrected chi connectivity index (χ4v) is 2.98. The van der Waals surface area contributed by atoms with Crippen LogP contribution in [0.5, 0.6) is 0 Å². The maximum atomic E-state index is 11.5. The monoisotopic (exact) mass is 310 g/mol. The number of rotatable bonds is 2. The Balaban J connectivity index is 1.96. The first-order chi connectivity index (χ1) is 10.3. The molecule has 124 valence electrons. The second kappa shape index (κ2) is 6.54. The molecule has 22 heavy (non-hydrogen) atoms. The second-order valence-corrected chi connectivity index (χ2v) is 6.98. The zero-order chi connectivity index (χ0) is 16.3. The molecule has 0 fully saturated rings. The van der Waals surface area contributed by atoms with Gasteiger partial charge >= 0.3 is 6.09 Å². The van der Waals surface area contributed by atoms with E-state index in [0.29, 0.717) is 18.1 Å². The molecule has 1 amide bonds. The van der Waals surface area contributed by atoms with Gasteiger partial charge in [0.15, 0.2) is 5.84 Å². The summed E-state index contributed by atoms with van der Waals surface area (Å²) < 4.78 is 0. The second-order valence-electron chi connectivity index (χ2n) is 6.98. The van der Waals surface area contributed by atoms with Gasteiger partial charge in [0.1, 0.15) is 6.10 Å². The Morgan fingerprint density at radius 1 is 1.45 bits per heavy atom. The molecule has 7 nitrogen and oxygen atoms in total. The molecule has 0 aromatic heterocycles. The Morgan fingerprint density at radius 3 is 2.82 bits per heavy atom. The van der Waals surface area contributed by atoms with Gasteiger partial charge in [0.05, 0.1) is 11.9 Å². The smallest absolute Gasteiger partial charge is 0.413 e. The molecule has 0 saturated carbocycles. The maximum absolute atomic E-state index is 11.5. The molecule has 2 rings (SSSR count). The first-order valence-electron chi connectivity index (χ1n) is 7.85. The molecule has 2 heterocycles. The van der Waals surface area contributed by atoms with E-state index >= 15 is 0 Å². The third kappa shape index (κ3) is 4.11. The van der Waals surface area contributed by atoms with E-state index < -0.39 is 11.6 Å². The van der Waals surface area contributed by atoms with Crippen LogP contribution >= 0.6 is 0 Å². The van der Waals surface area contributed by atoms with Crippen molar-refractivity contribution in [2.75, 3.05) is 0 Å². The highest BCUT2D eigenvalue weighted by molar-refractivity contribution is 5.96. The molecule has 2 aliphatic heterocycles. The van der Waals surface area contributed by atoms with Gasteiger partial charge in [0, 0.05) is 24.8 Å². The van der Waals surface area contributed by atoms with Gasteiger partial charge in [-0.05, 0) is 33.6 Å². The lowest BCUT2D eigenvalue weighted by Gasteiger charge is -2.32. The molecule has 0 aliphatic carbocycles. The summed E-state index contributed by atoms with van der Waals surface area (Å²) in [5.74, 6) is 1.18. The van der Waals surface area contributed by atoms with Crippen molar-refractivity contribution in [3.63, 3.8) is 0 Å². The number of amides is 1. The third-order valence-corrected chi connectivity index (χ3v) is 3.94. The van der Waals surface area contributed by atoms with Gasteiger partial charge in [-0.2, -0.15) is 0 Å². The molecule has 0 radical (unpaired) electrons. The molecule has 0 bridgehead atoms. The van der Waals surface area contributed by atoms with Crippen LogP contribution in [0.25, 0.3) is 0 Å². The van der Waals surface area contributed by atoms with Gasteiger partial charge in [-0.3, -0.25) is 9.89 Å². The number of hydrogen-bond acceptors (Lipinski definition) is 5. The lowest BCUT2D eigenvalue weighted by atomic mass is 10.0. The maximum Gasteiger partial charge on any atom is 0.413 e. The van der Waals surface area contributed by atoms with Crippen molar-refractivity contribution >= 4 is 17.8 Å². The van der Waals surface area contributed by atoms with Crippen molar-refractivity contribution in [1.82, 2.24) is 4.90 Å². The van der Waals surface area contributed by atoms with E-state index in [1.54, 1.807) is 0 Å². The first-order valence-corrected chi connectivity index (χ1v) is 7.85. The van der Waals surface area contributed by atoms with Crippen LogP contribution in [0.2, 0.25) is 0 Å². The highest BCUT2D eigenvalue weighted by atomic mass is 16.6. The standard InChI is InChI=1S/C15H26N4O3/c1-15(2,3)19(14(20)21)13-9-11(22-18-13)8-10-6-4-5-7-12(16)17-10/h10-11H,4-9H2,1-3H3,(H2,16,17)(H,20,21). The minimum Gasteiger partial charge on any atom is -0.465 e. The largest absolute Gasteiger partial charge is 0.465 e. The molecule has 3 N–H and O–H groups in total. The summed E-state index contributed by atoms with van der Waals surface area (Å²) in [5.41, 5.74) is 5.32. The molecule has 7 heteroatoms. The number of amidine groups is 2. The summed E-state index contributed by atoms with van der Waals surface area (Å²) in [6.45, 7) is 5.52. The summed E-state index contributed by atoms with van der Waals surface area (Å²) in [6, 6.07) is 0.148. The van der Waals surface area contributed by atoms with Crippen molar-refractivity contribution in [3.8, 4) is 0 Å². The van der Waals surface area contributed by atoms with Crippen LogP contribution in [-0.2, 0) is 4.84 Å². The number of nitrogens with zero attached hydrogens (tertiary/aromatic N) is 3. The molecule has 0 spiro atoms. The van der Waals surface area contributed by atoms with Crippen LogP contribution in [0.1, 0.15) is 59.3 Å². The summed E-state index contributed by atoms with van der Waals surface area (Å²) in [4.78, 5) is 22.7. The fourth-order valence-electron chi connectivity index (χ4n) is 2.98. The SMILES string of the molecule is CC(C)(C)N(C(=O)O)C1=NOC(CC2CCCCC(N)=N2)C1. The van der Waals surface area contributed by atoms with Crippen LogP contribution in [0.4, 0.5) is 4.79 Å². The number of hydrogen-bond donors (Lipinski definition) is 2. The number of carboxylic acid groups (broad SMARTS) is 1. The highest BCUT2D eigenvalue weighted by Gasteiger charge is 2.36. The van der Waals surface area contributed by atoms with E-state index in [2.05, 4.69) is 10.1 Å². The van der Waals surface area contributed by atoms with Gasteiger partial charge in [0.25, 0.3) is 0 Å². The predicted molar refractivity (Wildman–Crippen MR) is 85.0 cm³/mol. The highest BCUT2D eigenvalue weighted by Crippen LogP contribution is 2.26. The van der Waals surface area contributed by atoms with E-state index in [1.807, 2.05) is 20.8 Å². The minimum atomic E-state index is -1.01. The lowest BCUT2D eigenvalue weighted by Crippen LogP contribution is -2.48. The van der Waals surface area contributed by atoms with Crippen LogP contribution in [0.3, 0.4) is 0 Å². The topological polar surface area (TPSA) is 101 Å².